The maximum absolute atomic E-state index is 12.1. The first-order valence-electron chi connectivity index (χ1n) is 8.01. The summed E-state index contributed by atoms with van der Waals surface area (Å²) in [5, 5.41) is 8.98. The van der Waals surface area contributed by atoms with Crippen LogP contribution in [0.5, 0.6) is 0 Å². The quantitative estimate of drug-likeness (QED) is 0.663. The Morgan fingerprint density at radius 1 is 1.05 bits per heavy atom. The van der Waals surface area contributed by atoms with E-state index in [-0.39, 0.29) is 11.1 Å². The van der Waals surface area contributed by atoms with Crippen LogP contribution in [0, 0.1) is 6.92 Å². The molecule has 21 heavy (non-hydrogen) atoms. The van der Waals surface area contributed by atoms with Gasteiger partial charge >= 0.3 is 5.97 Å². The lowest BCUT2D eigenvalue weighted by atomic mass is 10.1. The molecule has 0 bridgehead atoms. The average Bonchev–Trinajstić information content (AvgIpc) is 2.44. The van der Waals surface area contributed by atoms with Gasteiger partial charge in [0.2, 0.25) is 0 Å². The van der Waals surface area contributed by atoms with Crippen LogP contribution in [0.2, 0.25) is 0 Å². The second kappa shape index (κ2) is 9.37. The Labute approximate surface area is 126 Å². The number of carboxylic acids is 1. The van der Waals surface area contributed by atoms with E-state index >= 15 is 0 Å². The highest BCUT2D eigenvalue weighted by molar-refractivity contribution is 5.87. The molecule has 1 aromatic rings. The van der Waals surface area contributed by atoms with Crippen LogP contribution >= 0.6 is 0 Å². The van der Waals surface area contributed by atoms with Gasteiger partial charge in [-0.25, -0.2) is 4.79 Å². The first kappa shape index (κ1) is 17.5. The summed E-state index contributed by atoms with van der Waals surface area (Å²) in [6.07, 6.45) is 9.65. The van der Waals surface area contributed by atoms with Crippen molar-refractivity contribution in [2.75, 3.05) is 0 Å². The number of carbonyl (C=O) groups is 1. The number of carboxylic acid groups (broad SMARTS) is 1. The van der Waals surface area contributed by atoms with Gasteiger partial charge < -0.3 is 9.67 Å². The fourth-order valence-corrected chi connectivity index (χ4v) is 2.52. The minimum Gasteiger partial charge on any atom is -0.477 e. The van der Waals surface area contributed by atoms with Gasteiger partial charge in [0.25, 0.3) is 5.56 Å². The smallest absolute Gasteiger partial charge is 0.341 e. The fraction of sp³-hybridized carbons (Fsp3) is 0.647. The van der Waals surface area contributed by atoms with Crippen LogP contribution in [0.15, 0.2) is 16.9 Å². The Kier molecular flexibility index (Phi) is 7.80. The summed E-state index contributed by atoms with van der Waals surface area (Å²) in [6, 6.07) is 3.10. The number of hydrogen-bond acceptors (Lipinski definition) is 2. The number of aromatic carboxylic acids is 1. The molecule has 0 unspecified atom stereocenters. The third-order valence-electron chi connectivity index (χ3n) is 3.86. The fourth-order valence-electron chi connectivity index (χ4n) is 2.52. The molecule has 0 saturated heterocycles. The van der Waals surface area contributed by atoms with Gasteiger partial charge in [-0.05, 0) is 25.5 Å². The lowest BCUT2D eigenvalue weighted by molar-refractivity contribution is 0.0694. The summed E-state index contributed by atoms with van der Waals surface area (Å²) in [5.41, 5.74) is 0.304. The van der Waals surface area contributed by atoms with Crippen molar-refractivity contribution in [1.29, 1.82) is 0 Å². The van der Waals surface area contributed by atoms with Gasteiger partial charge in [0.1, 0.15) is 5.56 Å². The highest BCUT2D eigenvalue weighted by atomic mass is 16.4. The zero-order chi connectivity index (χ0) is 15.7. The van der Waals surface area contributed by atoms with Gasteiger partial charge in [0.05, 0.1) is 0 Å². The summed E-state index contributed by atoms with van der Waals surface area (Å²) in [7, 11) is 0. The van der Waals surface area contributed by atoms with Crippen LogP contribution in [0.3, 0.4) is 0 Å². The van der Waals surface area contributed by atoms with Crippen LogP contribution < -0.4 is 5.56 Å². The van der Waals surface area contributed by atoms with Crippen molar-refractivity contribution in [1.82, 2.24) is 4.57 Å². The Balaban J connectivity index is 2.40. The molecule has 0 aliphatic rings. The van der Waals surface area contributed by atoms with Gasteiger partial charge in [0, 0.05) is 12.2 Å². The first-order chi connectivity index (χ1) is 10.1. The summed E-state index contributed by atoms with van der Waals surface area (Å²) < 4.78 is 1.58. The number of pyridine rings is 1. The molecule has 0 atom stereocenters. The van der Waals surface area contributed by atoms with E-state index in [1.165, 1.54) is 44.6 Å². The lowest BCUT2D eigenvalue weighted by Gasteiger charge is -2.10. The normalized spacial score (nSPS) is 10.8. The van der Waals surface area contributed by atoms with E-state index in [0.29, 0.717) is 6.54 Å². The standard InChI is InChI=1S/C17H27NO3/c1-3-4-5-6-7-8-9-10-13-18-14(2)11-12-15(16(18)19)17(20)21/h11-12H,3-10,13H2,1-2H3,(H,20,21). The minimum atomic E-state index is -1.15. The molecule has 0 aliphatic carbocycles. The van der Waals surface area contributed by atoms with Crippen LogP contribution in [0.1, 0.15) is 74.3 Å². The van der Waals surface area contributed by atoms with E-state index in [0.717, 1.165) is 18.5 Å². The average molecular weight is 293 g/mol. The lowest BCUT2D eigenvalue weighted by Crippen LogP contribution is -2.27. The summed E-state index contributed by atoms with van der Waals surface area (Å²) in [4.78, 5) is 23.0. The highest BCUT2D eigenvalue weighted by Crippen LogP contribution is 2.09. The van der Waals surface area contributed by atoms with Crippen molar-refractivity contribution >= 4 is 5.97 Å². The third-order valence-corrected chi connectivity index (χ3v) is 3.86. The second-order valence-corrected chi connectivity index (χ2v) is 5.63. The summed E-state index contributed by atoms with van der Waals surface area (Å²) in [6.45, 7) is 4.67. The molecule has 4 nitrogen and oxygen atoms in total. The number of aromatic nitrogens is 1. The molecule has 0 aliphatic heterocycles. The number of nitrogens with zero attached hydrogens (tertiary/aromatic N) is 1. The molecule has 1 N–H and O–H groups in total. The number of hydrogen-bond donors (Lipinski definition) is 1. The minimum absolute atomic E-state index is 0.139. The van der Waals surface area contributed by atoms with E-state index in [9.17, 15) is 9.59 Å². The van der Waals surface area contributed by atoms with Crippen molar-refractivity contribution in [2.45, 2.75) is 71.8 Å². The highest BCUT2D eigenvalue weighted by Gasteiger charge is 2.11. The Bertz CT molecular complexity index is 505. The van der Waals surface area contributed by atoms with Gasteiger partial charge in [0.15, 0.2) is 0 Å². The SMILES string of the molecule is CCCCCCCCCCn1c(C)ccc(C(=O)O)c1=O. The molecule has 1 aromatic heterocycles. The van der Waals surface area contributed by atoms with Crippen molar-refractivity contribution in [2.24, 2.45) is 0 Å². The molecule has 1 rings (SSSR count). The maximum atomic E-state index is 12.1. The van der Waals surface area contributed by atoms with Crippen molar-refractivity contribution in [3.8, 4) is 0 Å². The molecular weight excluding hydrogens is 266 g/mol. The first-order valence-corrected chi connectivity index (χ1v) is 8.01. The molecule has 0 fully saturated rings. The van der Waals surface area contributed by atoms with Crippen LogP contribution in [-0.4, -0.2) is 15.6 Å². The zero-order valence-corrected chi connectivity index (χ0v) is 13.2. The Hall–Kier alpha value is -1.58. The Morgan fingerprint density at radius 3 is 2.19 bits per heavy atom. The van der Waals surface area contributed by atoms with E-state index < -0.39 is 5.97 Å². The van der Waals surface area contributed by atoms with Gasteiger partial charge in [-0.2, -0.15) is 0 Å². The molecule has 0 radical (unpaired) electrons. The molecule has 1 heterocycles. The predicted molar refractivity (Wildman–Crippen MR) is 85.0 cm³/mol. The Morgan fingerprint density at radius 2 is 1.62 bits per heavy atom. The monoisotopic (exact) mass is 293 g/mol. The second-order valence-electron chi connectivity index (χ2n) is 5.63. The van der Waals surface area contributed by atoms with Crippen molar-refractivity contribution in [3.63, 3.8) is 0 Å². The van der Waals surface area contributed by atoms with Gasteiger partial charge in [-0.1, -0.05) is 51.9 Å². The largest absolute Gasteiger partial charge is 0.477 e. The molecule has 4 heteroatoms. The van der Waals surface area contributed by atoms with Crippen LogP contribution in [0.4, 0.5) is 0 Å². The molecule has 0 aromatic carbocycles. The van der Waals surface area contributed by atoms with E-state index in [1.807, 2.05) is 6.92 Å². The topological polar surface area (TPSA) is 59.3 Å². The number of rotatable bonds is 10. The molecule has 0 spiro atoms. The van der Waals surface area contributed by atoms with Crippen molar-refractivity contribution in [3.05, 3.63) is 33.7 Å². The number of aryl methyl sites for hydroxylation is 1. The van der Waals surface area contributed by atoms with Gasteiger partial charge in [-0.3, -0.25) is 4.79 Å². The molecule has 118 valence electrons. The van der Waals surface area contributed by atoms with Crippen LogP contribution in [0.25, 0.3) is 0 Å². The van der Waals surface area contributed by atoms with E-state index in [1.54, 1.807) is 10.6 Å². The summed E-state index contributed by atoms with van der Waals surface area (Å²) >= 11 is 0. The molecule has 0 amide bonds. The predicted octanol–water partition coefficient (Wildman–Crippen LogP) is 4.00. The molecular formula is C17H27NO3. The third kappa shape index (κ3) is 5.74. The van der Waals surface area contributed by atoms with Crippen LogP contribution in [-0.2, 0) is 6.54 Å². The van der Waals surface area contributed by atoms with Gasteiger partial charge in [-0.15, -0.1) is 0 Å². The zero-order valence-electron chi connectivity index (χ0n) is 13.2. The van der Waals surface area contributed by atoms with Crippen molar-refractivity contribution < 1.29 is 9.90 Å². The molecule has 0 saturated carbocycles. The van der Waals surface area contributed by atoms with E-state index in [2.05, 4.69) is 6.92 Å². The number of unbranched alkanes of at least 4 members (excludes halogenated alkanes) is 7. The maximum Gasteiger partial charge on any atom is 0.341 e. The summed E-state index contributed by atoms with van der Waals surface area (Å²) in [5.74, 6) is -1.15. The van der Waals surface area contributed by atoms with E-state index in [4.69, 9.17) is 5.11 Å².